The Bertz CT molecular complexity index is 1180. The molecule has 0 bridgehead atoms. The molecule has 0 saturated heterocycles. The van der Waals surface area contributed by atoms with Gasteiger partial charge >= 0.3 is 0 Å². The normalized spacial score (nSPS) is 11.5. The first kappa shape index (κ1) is 22.7. The average molecular weight is 452 g/mol. The minimum Gasteiger partial charge on any atom is -0.494 e. The number of aromatic amines is 1. The largest absolute Gasteiger partial charge is 0.494 e. The lowest BCUT2D eigenvalue weighted by atomic mass is 10.1. The van der Waals surface area contributed by atoms with E-state index in [1.54, 1.807) is 11.0 Å². The Kier molecular flexibility index (Phi) is 7.61. The summed E-state index contributed by atoms with van der Waals surface area (Å²) in [4.78, 5) is 18.1. The van der Waals surface area contributed by atoms with Crippen LogP contribution in [0.2, 0.25) is 0 Å². The highest BCUT2D eigenvalue weighted by Crippen LogP contribution is 2.28. The molecule has 5 nitrogen and oxygen atoms in total. The molecule has 160 valence electrons. The third-order valence-corrected chi connectivity index (χ3v) is 5.92. The van der Waals surface area contributed by atoms with Crippen molar-refractivity contribution in [3.63, 3.8) is 0 Å². The number of unbranched alkanes of at least 4 members (excludes halogenated alkanes) is 1. The van der Waals surface area contributed by atoms with Crippen LogP contribution in [-0.2, 0) is 4.79 Å². The number of hydrogen-bond acceptors (Lipinski definition) is 5. The van der Waals surface area contributed by atoms with Gasteiger partial charge < -0.3 is 14.6 Å². The summed E-state index contributed by atoms with van der Waals surface area (Å²) in [5.41, 5.74) is 2.52. The number of amides is 1. The fourth-order valence-electron chi connectivity index (χ4n) is 3.17. The maximum absolute atomic E-state index is 13.3. The number of benzene rings is 2. The molecule has 3 rings (SSSR count). The molecule has 1 N–H and O–H groups in total. The topological polar surface area (TPSA) is 69.1 Å². The Labute approximate surface area is 191 Å². The second-order valence-corrected chi connectivity index (χ2v) is 9.12. The van der Waals surface area contributed by atoms with E-state index in [9.17, 15) is 10.1 Å². The van der Waals surface area contributed by atoms with Crippen LogP contribution in [0, 0.1) is 15.3 Å². The third kappa shape index (κ3) is 5.60. The van der Waals surface area contributed by atoms with Crippen molar-refractivity contribution in [1.29, 1.82) is 5.26 Å². The van der Waals surface area contributed by atoms with Gasteiger partial charge in [0.1, 0.15) is 17.4 Å². The number of anilines is 1. The number of aromatic nitrogens is 1. The van der Waals surface area contributed by atoms with Crippen molar-refractivity contribution in [3.8, 4) is 11.8 Å². The van der Waals surface area contributed by atoms with E-state index in [1.807, 2.05) is 56.3 Å². The van der Waals surface area contributed by atoms with E-state index in [4.69, 9.17) is 17.0 Å². The van der Waals surface area contributed by atoms with Gasteiger partial charge in [-0.1, -0.05) is 25.5 Å². The number of ether oxygens (including phenoxy) is 1. The highest BCUT2D eigenvalue weighted by Gasteiger charge is 2.23. The summed E-state index contributed by atoms with van der Waals surface area (Å²) in [6, 6.07) is 15.1. The van der Waals surface area contributed by atoms with Gasteiger partial charge in [0.2, 0.25) is 0 Å². The van der Waals surface area contributed by atoms with Crippen LogP contribution in [-0.4, -0.2) is 23.5 Å². The molecule has 3 aromatic rings. The van der Waals surface area contributed by atoms with Crippen molar-refractivity contribution < 1.29 is 9.53 Å². The summed E-state index contributed by atoms with van der Waals surface area (Å²) in [6.45, 7) is 6.65. The fraction of sp³-hybridized carbons (Fsp3) is 0.292. The predicted molar refractivity (Wildman–Crippen MR) is 130 cm³/mol. The number of rotatable bonds is 8. The number of thiazole rings is 1. The first-order valence-electron chi connectivity index (χ1n) is 10.2. The minimum absolute atomic E-state index is 0.0788. The summed E-state index contributed by atoms with van der Waals surface area (Å²) < 4.78 is 7.34. The van der Waals surface area contributed by atoms with Gasteiger partial charge in [-0.2, -0.15) is 5.26 Å². The average Bonchev–Trinajstić information content (AvgIpc) is 3.12. The summed E-state index contributed by atoms with van der Waals surface area (Å²) in [5, 5.41) is 9.70. The zero-order valence-electron chi connectivity index (χ0n) is 17.8. The van der Waals surface area contributed by atoms with Gasteiger partial charge in [-0.3, -0.25) is 4.79 Å². The van der Waals surface area contributed by atoms with E-state index < -0.39 is 0 Å². The summed E-state index contributed by atoms with van der Waals surface area (Å²) in [6.07, 6.45) is 3.70. The van der Waals surface area contributed by atoms with Crippen LogP contribution in [0.5, 0.6) is 5.75 Å². The molecule has 0 aliphatic heterocycles. The van der Waals surface area contributed by atoms with Crippen LogP contribution >= 0.6 is 23.6 Å². The Morgan fingerprint density at radius 3 is 2.68 bits per heavy atom. The van der Waals surface area contributed by atoms with Gasteiger partial charge in [0, 0.05) is 11.7 Å². The van der Waals surface area contributed by atoms with Crippen LogP contribution < -0.4 is 9.64 Å². The first-order chi connectivity index (χ1) is 14.9. The summed E-state index contributed by atoms with van der Waals surface area (Å²) in [5.74, 6) is 0.445. The zero-order valence-corrected chi connectivity index (χ0v) is 19.5. The number of carbonyl (C=O) groups is 1. The van der Waals surface area contributed by atoms with Crippen molar-refractivity contribution in [2.45, 2.75) is 39.7 Å². The van der Waals surface area contributed by atoms with Gasteiger partial charge in [0.15, 0.2) is 3.95 Å². The van der Waals surface area contributed by atoms with Gasteiger partial charge in [0.25, 0.3) is 5.91 Å². The number of fused-ring (bicyclic) bond motifs is 1. The van der Waals surface area contributed by atoms with Crippen molar-refractivity contribution >= 4 is 51.4 Å². The highest BCUT2D eigenvalue weighted by atomic mass is 32.1. The van der Waals surface area contributed by atoms with Crippen LogP contribution in [0.3, 0.4) is 0 Å². The molecule has 0 aliphatic rings. The molecule has 0 aliphatic carbocycles. The molecule has 1 heterocycles. The molecular formula is C24H25N3O2S2. The number of hydrogen-bond donors (Lipinski definition) is 1. The van der Waals surface area contributed by atoms with Crippen molar-refractivity contribution in [2.24, 2.45) is 0 Å². The fourth-order valence-corrected chi connectivity index (χ4v) is 4.32. The second-order valence-electron chi connectivity index (χ2n) is 7.40. The quantitative estimate of drug-likeness (QED) is 0.184. The van der Waals surface area contributed by atoms with E-state index in [0.717, 1.165) is 40.1 Å². The Balaban J connectivity index is 1.86. The molecule has 2 aromatic carbocycles. The maximum Gasteiger partial charge on any atom is 0.269 e. The van der Waals surface area contributed by atoms with Crippen LogP contribution in [0.1, 0.15) is 39.2 Å². The molecule has 0 saturated carbocycles. The molecule has 7 heteroatoms. The van der Waals surface area contributed by atoms with Gasteiger partial charge in [-0.25, -0.2) is 0 Å². The lowest BCUT2D eigenvalue weighted by Crippen LogP contribution is -2.37. The molecular weight excluding hydrogens is 426 g/mol. The Morgan fingerprint density at radius 2 is 2.03 bits per heavy atom. The molecule has 31 heavy (non-hydrogen) atoms. The second kappa shape index (κ2) is 10.4. The van der Waals surface area contributed by atoms with Gasteiger partial charge in [-0.05, 0) is 74.5 Å². The monoisotopic (exact) mass is 451 g/mol. The molecule has 0 fully saturated rings. The highest BCUT2D eigenvalue weighted by molar-refractivity contribution is 7.73. The number of nitrogens with zero attached hydrogens (tertiary/aromatic N) is 2. The van der Waals surface area contributed by atoms with E-state index in [0.29, 0.717) is 10.6 Å². The maximum atomic E-state index is 13.3. The standard InChI is InChI=1S/C24H25N3O2S2/c1-4-5-12-29-20-9-6-17(7-10-20)13-18(15-25)23(28)27(16(2)3)19-8-11-21-22(14-19)31-24(30)26-21/h6-11,13-14,16H,4-5,12H2,1-3H3,(H,26,30)/b18-13+. The van der Waals surface area contributed by atoms with E-state index in [-0.39, 0.29) is 17.5 Å². The lowest BCUT2D eigenvalue weighted by Gasteiger charge is -2.26. The van der Waals surface area contributed by atoms with Crippen molar-refractivity contribution in [3.05, 3.63) is 57.6 Å². The third-order valence-electron chi connectivity index (χ3n) is 4.73. The van der Waals surface area contributed by atoms with Gasteiger partial charge in [-0.15, -0.1) is 11.3 Å². The van der Waals surface area contributed by atoms with Gasteiger partial charge in [0.05, 0.1) is 16.8 Å². The summed E-state index contributed by atoms with van der Waals surface area (Å²) >= 11 is 6.68. The molecule has 1 amide bonds. The Hall–Kier alpha value is -2.95. The zero-order chi connectivity index (χ0) is 22.4. The molecule has 1 aromatic heterocycles. The van der Waals surface area contributed by atoms with E-state index in [2.05, 4.69) is 18.0 Å². The predicted octanol–water partition coefficient (Wildman–Crippen LogP) is 6.49. The van der Waals surface area contributed by atoms with Crippen LogP contribution in [0.25, 0.3) is 16.3 Å². The van der Waals surface area contributed by atoms with Crippen LogP contribution in [0.4, 0.5) is 5.69 Å². The minimum atomic E-state index is -0.334. The molecule has 0 atom stereocenters. The van der Waals surface area contributed by atoms with E-state index in [1.165, 1.54) is 11.3 Å². The molecule has 0 unspecified atom stereocenters. The first-order valence-corrected chi connectivity index (χ1v) is 11.5. The van der Waals surface area contributed by atoms with Crippen LogP contribution in [0.15, 0.2) is 48.0 Å². The van der Waals surface area contributed by atoms with Crippen molar-refractivity contribution in [2.75, 3.05) is 11.5 Å². The molecule has 0 radical (unpaired) electrons. The molecule has 0 spiro atoms. The van der Waals surface area contributed by atoms with Crippen molar-refractivity contribution in [1.82, 2.24) is 4.98 Å². The lowest BCUT2D eigenvalue weighted by molar-refractivity contribution is -0.115. The Morgan fingerprint density at radius 1 is 1.29 bits per heavy atom. The van der Waals surface area contributed by atoms with E-state index >= 15 is 0 Å². The number of nitriles is 1. The SMILES string of the molecule is CCCCOc1ccc(/C=C(\C#N)C(=O)N(c2ccc3[nH]c(=S)sc3c2)C(C)C)cc1. The summed E-state index contributed by atoms with van der Waals surface area (Å²) in [7, 11) is 0. The number of H-pyrrole nitrogens is 1. The number of carbonyl (C=O) groups excluding carboxylic acids is 1. The number of nitrogens with one attached hydrogen (secondary N) is 1. The smallest absolute Gasteiger partial charge is 0.269 e.